The van der Waals surface area contributed by atoms with Crippen LogP contribution in [0.5, 0.6) is 0 Å². The Balaban J connectivity index is 1.35. The van der Waals surface area contributed by atoms with Gasteiger partial charge in [-0.2, -0.15) is 0 Å². The third kappa shape index (κ3) is 3.94. The van der Waals surface area contributed by atoms with Crippen LogP contribution in [0.3, 0.4) is 0 Å². The average Bonchev–Trinajstić information content (AvgIpc) is 3.16. The van der Waals surface area contributed by atoms with E-state index >= 15 is 0 Å². The fourth-order valence-corrected chi connectivity index (χ4v) is 4.11. The monoisotopic (exact) mass is 282 g/mol. The van der Waals surface area contributed by atoms with Gasteiger partial charge in [-0.3, -0.25) is 0 Å². The Morgan fingerprint density at radius 2 is 2.00 bits per heavy atom. The van der Waals surface area contributed by atoms with Gasteiger partial charge in [0.2, 0.25) is 0 Å². The lowest BCUT2D eigenvalue weighted by molar-refractivity contribution is 0.0461. The van der Waals surface area contributed by atoms with Crippen LogP contribution in [0.2, 0.25) is 0 Å². The highest BCUT2D eigenvalue weighted by Crippen LogP contribution is 2.29. The Hall–Kier alpha value is -0.160. The van der Waals surface area contributed by atoms with Crippen LogP contribution in [0, 0.1) is 5.92 Å². The largest absolute Gasteiger partial charge is 0.379 e. The zero-order chi connectivity index (χ0) is 13.6. The van der Waals surface area contributed by atoms with Gasteiger partial charge in [-0.1, -0.05) is 19.3 Å². The smallest absolute Gasteiger partial charge is 0.0623 e. The van der Waals surface area contributed by atoms with E-state index in [-0.39, 0.29) is 0 Å². The summed E-state index contributed by atoms with van der Waals surface area (Å²) in [6, 6.07) is 1.21. The molecule has 2 saturated carbocycles. The van der Waals surface area contributed by atoms with E-state index in [1.54, 1.807) is 0 Å². The van der Waals surface area contributed by atoms with E-state index in [1.807, 2.05) is 0 Å². The molecule has 0 bridgehead atoms. The molecule has 0 amide bonds. The Bertz CT molecular complexity index is 276. The molecule has 0 aromatic heterocycles. The summed E-state index contributed by atoms with van der Waals surface area (Å²) in [6.07, 6.45) is 9.81. The summed E-state index contributed by atoms with van der Waals surface area (Å²) in [5, 5.41) is 7.36. The van der Waals surface area contributed by atoms with Gasteiger partial charge in [-0.25, -0.2) is 0 Å². The summed E-state index contributed by atoms with van der Waals surface area (Å²) >= 11 is 0. The first-order valence-electron chi connectivity index (χ1n) is 8.59. The lowest BCUT2D eigenvalue weighted by Gasteiger charge is -2.33. The molecule has 3 fully saturated rings. The van der Waals surface area contributed by atoms with E-state index in [9.17, 15) is 0 Å². The second-order valence-electron chi connectivity index (χ2n) is 6.57. The van der Waals surface area contributed by atoms with Crippen LogP contribution in [0.1, 0.15) is 44.9 Å². The second kappa shape index (κ2) is 7.74. The molecular weight excluding hydrogens is 252 g/mol. The summed E-state index contributed by atoms with van der Waals surface area (Å²) in [5.74, 6) is 0.738. The van der Waals surface area contributed by atoms with Crippen molar-refractivity contribution in [1.29, 1.82) is 0 Å². The number of ether oxygens (including phenoxy) is 2. The predicted molar refractivity (Wildman–Crippen MR) is 79.9 cm³/mol. The van der Waals surface area contributed by atoms with E-state index in [0.29, 0.717) is 18.2 Å². The number of rotatable bonds is 6. The van der Waals surface area contributed by atoms with Crippen LogP contribution in [-0.2, 0) is 9.47 Å². The topological polar surface area (TPSA) is 42.5 Å². The minimum atomic E-state index is 0.546. The Morgan fingerprint density at radius 1 is 1.10 bits per heavy atom. The standard InChI is InChI=1S/C16H30N2O2/c1-2-5-13(4-1)20-11-9-17-15-7-3-6-14(15)16-12-19-10-8-18-16/h13-18H,1-12H2. The van der Waals surface area contributed by atoms with Crippen molar-refractivity contribution in [1.82, 2.24) is 10.6 Å². The number of nitrogens with one attached hydrogen (secondary N) is 2. The molecule has 2 aliphatic carbocycles. The highest BCUT2D eigenvalue weighted by atomic mass is 16.5. The van der Waals surface area contributed by atoms with Crippen molar-refractivity contribution in [2.45, 2.75) is 63.1 Å². The van der Waals surface area contributed by atoms with Crippen molar-refractivity contribution in [2.75, 3.05) is 32.9 Å². The molecule has 3 aliphatic rings. The first-order valence-corrected chi connectivity index (χ1v) is 8.59. The highest BCUT2D eigenvalue weighted by Gasteiger charge is 2.34. The van der Waals surface area contributed by atoms with Gasteiger partial charge in [0.1, 0.15) is 0 Å². The van der Waals surface area contributed by atoms with Gasteiger partial charge in [0.05, 0.1) is 25.9 Å². The maximum atomic E-state index is 5.94. The Morgan fingerprint density at radius 3 is 2.80 bits per heavy atom. The van der Waals surface area contributed by atoms with Crippen LogP contribution in [-0.4, -0.2) is 51.1 Å². The van der Waals surface area contributed by atoms with Gasteiger partial charge < -0.3 is 20.1 Å². The summed E-state index contributed by atoms with van der Waals surface area (Å²) in [5.41, 5.74) is 0. The first-order chi connectivity index (χ1) is 9.93. The maximum Gasteiger partial charge on any atom is 0.0623 e. The van der Waals surface area contributed by atoms with Crippen molar-refractivity contribution in [3.63, 3.8) is 0 Å². The van der Waals surface area contributed by atoms with Gasteiger partial charge in [-0.15, -0.1) is 0 Å². The summed E-state index contributed by atoms with van der Waals surface area (Å²) in [4.78, 5) is 0. The molecule has 1 aliphatic heterocycles. The quantitative estimate of drug-likeness (QED) is 0.728. The lowest BCUT2D eigenvalue weighted by atomic mass is 9.94. The summed E-state index contributed by atoms with van der Waals surface area (Å²) in [7, 11) is 0. The lowest BCUT2D eigenvalue weighted by Crippen LogP contribution is -2.51. The molecule has 3 atom stereocenters. The molecule has 20 heavy (non-hydrogen) atoms. The normalized spacial score (nSPS) is 35.7. The predicted octanol–water partition coefficient (Wildman–Crippen LogP) is 1.69. The second-order valence-corrected chi connectivity index (χ2v) is 6.57. The van der Waals surface area contributed by atoms with Crippen molar-refractivity contribution in [3.05, 3.63) is 0 Å². The molecule has 4 heteroatoms. The molecular formula is C16H30N2O2. The van der Waals surface area contributed by atoms with Gasteiger partial charge in [0, 0.05) is 25.2 Å². The summed E-state index contributed by atoms with van der Waals surface area (Å²) < 4.78 is 11.6. The van der Waals surface area contributed by atoms with Crippen LogP contribution < -0.4 is 10.6 Å². The number of hydrogen-bond acceptors (Lipinski definition) is 4. The van der Waals surface area contributed by atoms with Crippen molar-refractivity contribution >= 4 is 0 Å². The van der Waals surface area contributed by atoms with Crippen LogP contribution in [0.25, 0.3) is 0 Å². The van der Waals surface area contributed by atoms with E-state index in [1.165, 1.54) is 44.9 Å². The van der Waals surface area contributed by atoms with E-state index in [0.717, 1.165) is 38.8 Å². The van der Waals surface area contributed by atoms with Gasteiger partial charge in [0.25, 0.3) is 0 Å². The van der Waals surface area contributed by atoms with Gasteiger partial charge in [0.15, 0.2) is 0 Å². The van der Waals surface area contributed by atoms with E-state index in [2.05, 4.69) is 10.6 Å². The molecule has 0 spiro atoms. The molecule has 3 rings (SSSR count). The zero-order valence-electron chi connectivity index (χ0n) is 12.6. The van der Waals surface area contributed by atoms with Crippen LogP contribution in [0.15, 0.2) is 0 Å². The van der Waals surface area contributed by atoms with Gasteiger partial charge >= 0.3 is 0 Å². The molecule has 4 nitrogen and oxygen atoms in total. The first kappa shape index (κ1) is 14.8. The molecule has 3 unspecified atom stereocenters. The summed E-state index contributed by atoms with van der Waals surface area (Å²) in [6.45, 7) is 4.66. The van der Waals surface area contributed by atoms with Crippen LogP contribution in [0.4, 0.5) is 0 Å². The highest BCUT2D eigenvalue weighted by molar-refractivity contribution is 4.91. The fraction of sp³-hybridized carbons (Fsp3) is 1.00. The minimum absolute atomic E-state index is 0.546. The molecule has 1 heterocycles. The molecule has 0 aromatic rings. The minimum Gasteiger partial charge on any atom is -0.379 e. The molecule has 1 saturated heterocycles. The molecule has 2 N–H and O–H groups in total. The molecule has 116 valence electrons. The van der Waals surface area contributed by atoms with E-state index < -0.39 is 0 Å². The van der Waals surface area contributed by atoms with E-state index in [4.69, 9.17) is 9.47 Å². The number of morpholine rings is 1. The Kier molecular flexibility index (Phi) is 5.71. The number of hydrogen-bond donors (Lipinski definition) is 2. The third-order valence-electron chi connectivity index (χ3n) is 5.20. The Labute approximate surface area is 123 Å². The van der Waals surface area contributed by atoms with Crippen LogP contribution >= 0.6 is 0 Å². The average molecular weight is 282 g/mol. The zero-order valence-corrected chi connectivity index (χ0v) is 12.6. The fourth-order valence-electron chi connectivity index (χ4n) is 4.11. The maximum absolute atomic E-state index is 5.94. The molecule has 0 radical (unpaired) electrons. The van der Waals surface area contributed by atoms with Crippen molar-refractivity contribution in [2.24, 2.45) is 5.92 Å². The van der Waals surface area contributed by atoms with Crippen molar-refractivity contribution in [3.8, 4) is 0 Å². The van der Waals surface area contributed by atoms with Crippen molar-refractivity contribution < 1.29 is 9.47 Å². The third-order valence-corrected chi connectivity index (χ3v) is 5.20. The molecule has 0 aromatic carbocycles. The van der Waals surface area contributed by atoms with Gasteiger partial charge in [-0.05, 0) is 31.6 Å². The SMILES string of the molecule is C1CCC(OCCNC2CCCC2C2COCCN2)C1.